The fourth-order valence-corrected chi connectivity index (χ4v) is 5.02. The van der Waals surface area contributed by atoms with Gasteiger partial charge in [0, 0.05) is 5.57 Å². The summed E-state index contributed by atoms with van der Waals surface area (Å²) in [5.41, 5.74) is 2.98. The number of alkyl halides is 3. The number of rotatable bonds is 2. The highest BCUT2D eigenvalue weighted by Crippen LogP contribution is 2.53. The van der Waals surface area contributed by atoms with Crippen molar-refractivity contribution in [2.45, 2.75) is 6.36 Å². The summed E-state index contributed by atoms with van der Waals surface area (Å²) in [5.74, 6) is -0.581. The Morgan fingerprint density at radius 1 is 0.683 bits per heavy atom. The first-order valence-electron chi connectivity index (χ1n) is 11.4. The van der Waals surface area contributed by atoms with E-state index in [9.17, 15) is 23.7 Å². The molecule has 0 aromatic heterocycles. The molecule has 0 fully saturated rings. The molecule has 2 aliphatic rings. The van der Waals surface area contributed by atoms with Gasteiger partial charge < -0.3 is 4.74 Å². The minimum absolute atomic E-state index is 0.00641. The molecule has 0 saturated heterocycles. The molecule has 0 bridgehead atoms. The fraction of sp³-hybridized carbons (Fsp3) is 0.0323. The van der Waals surface area contributed by atoms with Crippen molar-refractivity contribution in [3.8, 4) is 29.0 Å². The maximum atomic E-state index is 13.0. The molecule has 3 aromatic carbocycles. The topological polar surface area (TPSA) is 74.2 Å². The van der Waals surface area contributed by atoms with E-state index in [2.05, 4.69) is 24.1 Å². The smallest absolute Gasteiger partial charge is 0.406 e. The maximum Gasteiger partial charge on any atom is 0.573 e. The van der Waals surface area contributed by atoms with Gasteiger partial charge in [0.15, 0.2) is 5.69 Å². The van der Waals surface area contributed by atoms with Crippen molar-refractivity contribution in [2.24, 2.45) is 0 Å². The fourth-order valence-electron chi connectivity index (χ4n) is 5.02. The van der Waals surface area contributed by atoms with Crippen LogP contribution in [-0.2, 0) is 0 Å². The molecule has 0 saturated carbocycles. The predicted octanol–water partition coefficient (Wildman–Crippen LogP) is 8.27. The van der Waals surface area contributed by atoms with Crippen molar-refractivity contribution in [1.82, 2.24) is 0 Å². The van der Waals surface area contributed by atoms with E-state index in [1.807, 2.05) is 6.07 Å². The summed E-state index contributed by atoms with van der Waals surface area (Å²) in [6.45, 7) is 30.4. The van der Waals surface area contributed by atoms with Crippen LogP contribution in [-0.4, -0.2) is 6.36 Å². The van der Waals surface area contributed by atoms with Crippen molar-refractivity contribution in [2.75, 3.05) is 0 Å². The van der Waals surface area contributed by atoms with Gasteiger partial charge >= 0.3 is 6.36 Å². The number of ether oxygens (including phenoxy) is 1. The van der Waals surface area contributed by atoms with Crippen LogP contribution < -0.4 is 4.74 Å². The van der Waals surface area contributed by atoms with Crippen LogP contribution in [0.5, 0.6) is 5.75 Å². The van der Waals surface area contributed by atoms with Crippen LogP contribution in [0.4, 0.5) is 18.9 Å². The number of nitriles is 2. The molecule has 7 nitrogen and oxygen atoms in total. The molecule has 0 aliphatic heterocycles. The first-order valence-corrected chi connectivity index (χ1v) is 11.4. The summed E-state index contributed by atoms with van der Waals surface area (Å²) < 4.78 is 42.9. The molecule has 0 N–H and O–H groups in total. The van der Waals surface area contributed by atoms with Gasteiger partial charge in [-0.25, -0.2) is 29.9 Å². The number of nitrogens with zero attached hydrogens (tertiary/aromatic N) is 6. The van der Waals surface area contributed by atoms with Crippen molar-refractivity contribution in [3.63, 3.8) is 0 Å². The lowest BCUT2D eigenvalue weighted by molar-refractivity contribution is -0.274. The molecule has 0 spiro atoms. The van der Waals surface area contributed by atoms with E-state index in [1.54, 1.807) is 42.5 Å². The lowest BCUT2D eigenvalue weighted by Gasteiger charge is -2.13. The van der Waals surface area contributed by atoms with Crippen LogP contribution in [0.15, 0.2) is 66.0 Å². The average molecular weight is 538 g/mol. The summed E-state index contributed by atoms with van der Waals surface area (Å²) in [6.07, 6.45) is -4.99. The van der Waals surface area contributed by atoms with E-state index < -0.39 is 17.8 Å². The first-order chi connectivity index (χ1) is 19.7. The second-order valence-electron chi connectivity index (χ2n) is 8.59. The minimum atomic E-state index is -4.99. The summed E-state index contributed by atoms with van der Waals surface area (Å²) in [6, 6.07) is 16.9. The molecule has 0 radical (unpaired) electrons. The minimum Gasteiger partial charge on any atom is -0.406 e. The van der Waals surface area contributed by atoms with Gasteiger partial charge in [-0.2, -0.15) is 0 Å². The Morgan fingerprint density at radius 2 is 1.27 bits per heavy atom. The van der Waals surface area contributed by atoms with E-state index in [0.717, 1.165) is 12.1 Å². The van der Waals surface area contributed by atoms with Gasteiger partial charge in [0.25, 0.3) is 11.4 Å². The van der Waals surface area contributed by atoms with Crippen molar-refractivity contribution < 1.29 is 17.9 Å². The summed E-state index contributed by atoms with van der Waals surface area (Å²) >= 11 is 0. The van der Waals surface area contributed by atoms with E-state index in [4.69, 9.17) is 26.3 Å². The second-order valence-corrected chi connectivity index (χ2v) is 8.59. The van der Waals surface area contributed by atoms with Gasteiger partial charge in [0.2, 0.25) is 5.70 Å². The Bertz CT molecular complexity index is 2040. The van der Waals surface area contributed by atoms with Gasteiger partial charge in [-0.1, -0.05) is 30.3 Å². The van der Waals surface area contributed by atoms with Gasteiger partial charge in [0.1, 0.15) is 5.75 Å². The molecular weight excluding hydrogens is 529 g/mol. The molecule has 0 heterocycles. The highest BCUT2D eigenvalue weighted by atomic mass is 19.4. The zero-order valence-electron chi connectivity index (χ0n) is 20.4. The number of benzene rings is 3. The summed E-state index contributed by atoms with van der Waals surface area (Å²) in [5, 5.41) is 19.5. The summed E-state index contributed by atoms with van der Waals surface area (Å²) in [4.78, 5) is 13.7. The SMILES string of the molecule is [C-]#[N+]C1=C(c2ccc3c(c2)/C(=C(\C#N)[N+]#[C-])c2cc([N+]#[C-])ccc2-3)/C(=C(/C#N)[N+]#[C-])c2cc(OC(F)(F)F)ccc21. The standard InChI is InChI=1S/C31H9F3N6O/c1-37-17-6-9-20-19-8-5-16(11-22(19)28(23(20)12-17)25(14-35)38-2)27-29(26(15-36)39-3)24-13-18(41-31(32,33)34)7-10-21(24)30(27)40-4/h5-13H/b28-25-,29-26-. The summed E-state index contributed by atoms with van der Waals surface area (Å²) in [7, 11) is 0. The lowest BCUT2D eigenvalue weighted by Crippen LogP contribution is -2.17. The van der Waals surface area contributed by atoms with E-state index >= 15 is 0 Å². The molecule has 2 aliphatic carbocycles. The van der Waals surface area contributed by atoms with Crippen molar-refractivity contribution >= 4 is 28.1 Å². The molecule has 190 valence electrons. The number of halogens is 3. The molecule has 41 heavy (non-hydrogen) atoms. The number of hydrogen-bond donors (Lipinski definition) is 0. The Labute approximate surface area is 231 Å². The molecule has 10 heteroatoms. The van der Waals surface area contributed by atoms with Crippen LogP contribution >= 0.6 is 0 Å². The zero-order chi connectivity index (χ0) is 29.5. The Kier molecular flexibility index (Phi) is 6.11. The monoisotopic (exact) mass is 538 g/mol. The average Bonchev–Trinajstić information content (AvgIpc) is 3.45. The third-order valence-electron chi connectivity index (χ3n) is 6.53. The Hall–Kier alpha value is -6.59. The molecule has 3 aromatic rings. The third-order valence-corrected chi connectivity index (χ3v) is 6.53. The quantitative estimate of drug-likeness (QED) is 0.190. The number of hydrogen-bond acceptors (Lipinski definition) is 3. The molecule has 5 rings (SSSR count). The lowest BCUT2D eigenvalue weighted by atomic mass is 9.92. The van der Waals surface area contributed by atoms with Crippen LogP contribution in [0.25, 0.3) is 52.9 Å². The number of allylic oxidation sites excluding steroid dienone is 4. The van der Waals surface area contributed by atoms with Crippen LogP contribution in [0, 0.1) is 49.0 Å². The maximum absolute atomic E-state index is 13.0. The van der Waals surface area contributed by atoms with Gasteiger partial charge in [-0.3, -0.25) is 0 Å². The second kappa shape index (κ2) is 9.62. The Balaban J connectivity index is 1.80. The van der Waals surface area contributed by atoms with E-state index in [1.165, 1.54) is 6.07 Å². The third kappa shape index (κ3) is 4.12. The van der Waals surface area contributed by atoms with Gasteiger partial charge in [-0.15, -0.1) is 13.2 Å². The first kappa shape index (κ1) is 26.0. The van der Waals surface area contributed by atoms with E-state index in [0.29, 0.717) is 33.5 Å². The van der Waals surface area contributed by atoms with Crippen molar-refractivity contribution in [1.29, 1.82) is 10.5 Å². The van der Waals surface area contributed by atoms with Crippen LogP contribution in [0.3, 0.4) is 0 Å². The van der Waals surface area contributed by atoms with Crippen LogP contribution in [0.2, 0.25) is 0 Å². The molecular formula is C31H9F3N6O. The van der Waals surface area contributed by atoms with Gasteiger partial charge in [-0.05, 0) is 74.4 Å². The largest absolute Gasteiger partial charge is 0.573 e. The van der Waals surface area contributed by atoms with E-state index in [-0.39, 0.29) is 39.2 Å². The number of fused-ring (bicyclic) bond motifs is 4. The molecule has 0 amide bonds. The highest BCUT2D eigenvalue weighted by Gasteiger charge is 2.35. The predicted molar refractivity (Wildman–Crippen MR) is 142 cm³/mol. The normalized spacial score (nSPS) is 15.0. The Morgan fingerprint density at radius 3 is 1.85 bits per heavy atom. The van der Waals surface area contributed by atoms with Gasteiger partial charge in [0.05, 0.1) is 38.4 Å². The zero-order valence-corrected chi connectivity index (χ0v) is 20.4. The highest BCUT2D eigenvalue weighted by molar-refractivity contribution is 6.24. The van der Waals surface area contributed by atoms with Crippen LogP contribution in [0.1, 0.15) is 27.8 Å². The molecule has 0 unspecified atom stereocenters. The molecule has 0 atom stereocenters. The van der Waals surface area contributed by atoms with Crippen molar-refractivity contribution in [3.05, 3.63) is 139 Å².